The first-order valence-electron chi connectivity index (χ1n) is 18.6. The van der Waals surface area contributed by atoms with Gasteiger partial charge in [-0.2, -0.15) is 4.98 Å². The third kappa shape index (κ3) is 7.86. The Balaban J connectivity index is 0.919. The van der Waals surface area contributed by atoms with Crippen LogP contribution in [0.5, 0.6) is 0 Å². The molecule has 14 unspecified atom stereocenters. The second-order valence-electron chi connectivity index (χ2n) is 14.4. The molecule has 6 aromatic heterocycles. The van der Waals surface area contributed by atoms with Crippen molar-refractivity contribution in [1.29, 1.82) is 0 Å². The van der Waals surface area contributed by atoms with E-state index in [1.807, 2.05) is 0 Å². The summed E-state index contributed by atoms with van der Waals surface area (Å²) in [5.74, 6) is -0.376. The van der Waals surface area contributed by atoms with E-state index >= 15 is 4.39 Å². The molecule has 0 saturated carbocycles. The normalized spacial score (nSPS) is 31.6. The number of alkyl halides is 1. The molecule has 34 heteroatoms. The number of nitrogen functional groups attached to an aromatic ring is 3. The molecule has 64 heavy (non-hydrogen) atoms. The molecule has 3 saturated heterocycles. The van der Waals surface area contributed by atoms with Crippen LogP contribution in [0, 0.1) is 0 Å². The number of aliphatic hydroxyl groups is 4. The van der Waals surface area contributed by atoms with Crippen molar-refractivity contribution in [2.45, 2.75) is 73.7 Å². The van der Waals surface area contributed by atoms with Crippen LogP contribution in [0.25, 0.3) is 33.5 Å². The van der Waals surface area contributed by atoms with Gasteiger partial charge in [-0.1, -0.05) is 0 Å². The number of imidazole rings is 3. The monoisotopic (exact) mass is 943 g/mol. The van der Waals surface area contributed by atoms with Crippen LogP contribution in [-0.4, -0.2) is 164 Å². The number of phosphoric ester groups is 2. The fourth-order valence-corrected chi connectivity index (χ4v) is 9.37. The maximum Gasteiger partial charge on any atom is 0.472 e. The van der Waals surface area contributed by atoms with Gasteiger partial charge in [0.15, 0.2) is 58.9 Å². The maximum absolute atomic E-state index is 16.6. The molecule has 9 rings (SSSR count). The zero-order chi connectivity index (χ0) is 45.4. The summed E-state index contributed by atoms with van der Waals surface area (Å²) in [5, 5.41) is 42.8. The number of ether oxygens (including phenoxy) is 3. The minimum Gasteiger partial charge on any atom is -0.394 e. The summed E-state index contributed by atoms with van der Waals surface area (Å²) in [7, 11) is -10.8. The first kappa shape index (κ1) is 43.9. The Bertz CT molecular complexity index is 2870. The number of aliphatic hydroxyl groups excluding tert-OH is 4. The minimum atomic E-state index is -5.45. The number of rotatable bonds is 14. The van der Waals surface area contributed by atoms with Crippen LogP contribution in [-0.2, 0) is 41.4 Å². The van der Waals surface area contributed by atoms with Crippen molar-refractivity contribution in [1.82, 2.24) is 58.6 Å². The molecule has 6 aromatic rings. The number of aromatic amines is 1. The average Bonchev–Trinajstić information content (AvgIpc) is 4.11. The Kier molecular flexibility index (Phi) is 11.4. The molecule has 3 fully saturated rings. The molecular formula is C30H36FN15O16P2. The van der Waals surface area contributed by atoms with Crippen LogP contribution < -0.4 is 22.8 Å². The predicted octanol–water partition coefficient (Wildman–Crippen LogP) is -3.34. The lowest BCUT2D eigenvalue weighted by Crippen LogP contribution is -2.37. The molecule has 0 amide bonds. The fourth-order valence-electron chi connectivity index (χ4n) is 7.45. The summed E-state index contributed by atoms with van der Waals surface area (Å²) in [6.45, 7) is -2.91. The predicted molar refractivity (Wildman–Crippen MR) is 205 cm³/mol. The second kappa shape index (κ2) is 16.6. The number of fused-ring (bicyclic) bond motifs is 3. The Labute approximate surface area is 353 Å². The molecule has 344 valence electrons. The summed E-state index contributed by atoms with van der Waals surface area (Å²) in [6, 6.07) is 0. The van der Waals surface area contributed by atoms with E-state index in [9.17, 15) is 44.1 Å². The Morgan fingerprint density at radius 1 is 0.672 bits per heavy atom. The van der Waals surface area contributed by atoms with E-state index < -0.39 is 121 Å². The zero-order valence-electron chi connectivity index (χ0n) is 32.1. The van der Waals surface area contributed by atoms with Crippen LogP contribution in [0.4, 0.5) is 22.0 Å². The number of phosphoric acid groups is 2. The number of anilines is 3. The van der Waals surface area contributed by atoms with E-state index in [-0.39, 0.29) is 45.1 Å². The lowest BCUT2D eigenvalue weighted by molar-refractivity contribution is -0.0615. The summed E-state index contributed by atoms with van der Waals surface area (Å²) in [5.41, 5.74) is 16.5. The van der Waals surface area contributed by atoms with Gasteiger partial charge in [0.1, 0.15) is 72.5 Å². The largest absolute Gasteiger partial charge is 0.472 e. The first-order chi connectivity index (χ1) is 30.4. The number of H-pyrrole nitrogens is 1. The lowest BCUT2D eigenvalue weighted by atomic mass is 10.1. The van der Waals surface area contributed by atoms with Crippen molar-refractivity contribution in [3.8, 4) is 0 Å². The van der Waals surface area contributed by atoms with Crippen LogP contribution in [0.15, 0.2) is 36.4 Å². The number of hydrogen-bond donors (Lipinski definition) is 10. The average molecular weight is 944 g/mol. The summed E-state index contributed by atoms with van der Waals surface area (Å²) in [4.78, 5) is 68.3. The highest BCUT2D eigenvalue weighted by atomic mass is 31.2. The molecule has 14 atom stereocenters. The molecule has 0 bridgehead atoms. The summed E-state index contributed by atoms with van der Waals surface area (Å²) < 4.78 is 84.8. The lowest BCUT2D eigenvalue weighted by Gasteiger charge is -2.25. The maximum atomic E-state index is 16.6. The Morgan fingerprint density at radius 2 is 1.17 bits per heavy atom. The molecule has 3 aliphatic heterocycles. The highest BCUT2D eigenvalue weighted by Gasteiger charge is 2.54. The molecule has 0 radical (unpaired) electrons. The van der Waals surface area contributed by atoms with E-state index in [1.165, 1.54) is 21.8 Å². The van der Waals surface area contributed by atoms with Gasteiger partial charge in [0, 0.05) is 0 Å². The van der Waals surface area contributed by atoms with E-state index in [0.717, 1.165) is 23.5 Å². The quantitative estimate of drug-likeness (QED) is 0.0477. The van der Waals surface area contributed by atoms with Crippen molar-refractivity contribution < 1.29 is 76.0 Å². The molecule has 3 aliphatic rings. The van der Waals surface area contributed by atoms with E-state index in [2.05, 4.69) is 44.9 Å². The number of halogens is 1. The Morgan fingerprint density at radius 3 is 1.77 bits per heavy atom. The van der Waals surface area contributed by atoms with Crippen molar-refractivity contribution in [3.63, 3.8) is 0 Å². The van der Waals surface area contributed by atoms with Gasteiger partial charge in [0.25, 0.3) is 5.56 Å². The molecule has 9 heterocycles. The molecule has 13 N–H and O–H groups in total. The third-order valence-electron chi connectivity index (χ3n) is 10.5. The third-order valence-corrected chi connectivity index (χ3v) is 12.4. The standard InChI is InChI=1S/C30H36FN15O16P2/c31-12-19(61-63(52,53)56-2-10-16(48)17(49)28(59-10)44-6-39-13-21(32)35-4-37-23(13)44)11(60-27(12)46-8-41-15-25(46)42-30(34)43-26(15)51)3-57-64(54,55)62-20-9(1-47)58-29(18(20)50)45-7-40-14-22(33)36-5-38-24(14)45/h4-12,16-20,27-29,47-50H,1-3H2,(H,52,53)(H,54,55)(H2,32,35,37)(H2,33,36,38)(H3,34,42,43,51). The van der Waals surface area contributed by atoms with Gasteiger partial charge in [-0.3, -0.25) is 41.6 Å². The van der Waals surface area contributed by atoms with Gasteiger partial charge >= 0.3 is 15.6 Å². The van der Waals surface area contributed by atoms with Gasteiger partial charge < -0.3 is 61.6 Å². The first-order valence-corrected chi connectivity index (χ1v) is 21.6. The SMILES string of the molecule is Nc1nc2c(ncn2C2OC(COP(=O)(O)OC3C(CO)OC(n4cnc5c(N)ncnc54)C3O)C(OP(=O)(O)OCC3OC(n4cnc5c(N)ncnc54)C(O)C3O)C2F)c(=O)[nH]1. The van der Waals surface area contributed by atoms with Crippen LogP contribution in [0.1, 0.15) is 18.7 Å². The van der Waals surface area contributed by atoms with E-state index in [0.29, 0.717) is 0 Å². The molecule has 0 aliphatic carbocycles. The second-order valence-corrected chi connectivity index (χ2v) is 17.2. The van der Waals surface area contributed by atoms with Crippen LogP contribution in [0.2, 0.25) is 0 Å². The Hall–Kier alpha value is -5.28. The number of hydrogen-bond acceptors (Lipinski definition) is 25. The van der Waals surface area contributed by atoms with Gasteiger partial charge in [0.05, 0.1) is 38.8 Å². The van der Waals surface area contributed by atoms with Gasteiger partial charge in [0.2, 0.25) is 5.95 Å². The van der Waals surface area contributed by atoms with Gasteiger partial charge in [-0.25, -0.2) is 48.4 Å². The molecular weight excluding hydrogens is 907 g/mol. The van der Waals surface area contributed by atoms with Gasteiger partial charge in [-0.15, -0.1) is 0 Å². The molecule has 0 spiro atoms. The van der Waals surface area contributed by atoms with Crippen molar-refractivity contribution in [2.24, 2.45) is 0 Å². The molecule has 31 nitrogen and oxygen atoms in total. The smallest absolute Gasteiger partial charge is 0.394 e. The minimum absolute atomic E-state index is 0.00233. The van der Waals surface area contributed by atoms with Gasteiger partial charge in [-0.05, 0) is 0 Å². The highest BCUT2D eigenvalue weighted by molar-refractivity contribution is 7.47. The van der Waals surface area contributed by atoms with Crippen LogP contribution >= 0.6 is 15.6 Å². The number of nitrogens with zero attached hydrogens (tertiary/aromatic N) is 11. The van der Waals surface area contributed by atoms with E-state index in [4.69, 9.17) is 49.5 Å². The number of aromatic nitrogens is 12. The van der Waals surface area contributed by atoms with Crippen molar-refractivity contribution in [3.05, 3.63) is 42.0 Å². The topological polar surface area (TPSA) is 449 Å². The highest BCUT2D eigenvalue weighted by Crippen LogP contribution is 2.53. The zero-order valence-corrected chi connectivity index (χ0v) is 33.9. The van der Waals surface area contributed by atoms with Crippen molar-refractivity contribution in [2.75, 3.05) is 37.0 Å². The number of nitrogens with one attached hydrogen (secondary N) is 1. The van der Waals surface area contributed by atoms with Crippen molar-refractivity contribution >= 4 is 66.7 Å². The number of nitrogens with two attached hydrogens (primary N) is 3. The summed E-state index contributed by atoms with van der Waals surface area (Å²) >= 11 is 0. The fraction of sp³-hybridized carbons (Fsp3) is 0.500. The van der Waals surface area contributed by atoms with E-state index in [1.54, 1.807) is 0 Å². The summed E-state index contributed by atoms with van der Waals surface area (Å²) in [6.07, 6.45) is -15.5. The van der Waals surface area contributed by atoms with Crippen LogP contribution in [0.3, 0.4) is 0 Å². The molecule has 0 aromatic carbocycles.